The smallest absolute Gasteiger partial charge is 0.305 e. The largest absolute Gasteiger partial charge is 0.323 e. The molecular weight excluding hydrogens is 429 g/mol. The second kappa shape index (κ2) is 8.26. The number of nitrogens with zero attached hydrogens (tertiary/aromatic N) is 1. The Labute approximate surface area is 178 Å². The van der Waals surface area contributed by atoms with Gasteiger partial charge in [0, 0.05) is 22.6 Å². The molecule has 162 valence electrons. The average Bonchev–Trinajstić information content (AvgIpc) is 2.74. The molecule has 4 nitrogen and oxygen atoms in total. The molecule has 0 spiro atoms. The maximum absolute atomic E-state index is 13.3. The van der Waals surface area contributed by atoms with Crippen LogP contribution in [0, 0.1) is 36.1 Å². The third-order valence-corrected chi connectivity index (χ3v) is 4.71. The van der Waals surface area contributed by atoms with Gasteiger partial charge in [-0.25, -0.2) is 27.3 Å². The molecule has 1 aromatic heterocycles. The van der Waals surface area contributed by atoms with Gasteiger partial charge >= 0.3 is 6.03 Å². The second-order valence-electron chi connectivity index (χ2n) is 7.00. The number of carbonyl (C=O) groups excluding carboxylic acids is 1. The van der Waals surface area contributed by atoms with Crippen molar-refractivity contribution in [1.82, 2.24) is 4.98 Å². The van der Waals surface area contributed by atoms with E-state index in [-0.39, 0.29) is 22.5 Å². The van der Waals surface area contributed by atoms with E-state index in [1.165, 1.54) is 6.07 Å². The van der Waals surface area contributed by atoms with Crippen LogP contribution in [0.5, 0.6) is 0 Å². The summed E-state index contributed by atoms with van der Waals surface area (Å²) in [5.41, 5.74) is 1.45. The van der Waals surface area contributed by atoms with Crippen LogP contribution in [0.4, 0.5) is 38.1 Å². The summed E-state index contributed by atoms with van der Waals surface area (Å²) in [7, 11) is 0. The zero-order valence-electron chi connectivity index (χ0n) is 16.4. The molecule has 9 heteroatoms. The number of hydrogen-bond donors (Lipinski definition) is 2. The van der Waals surface area contributed by atoms with Gasteiger partial charge in [0.25, 0.3) is 0 Å². The quantitative estimate of drug-likeness (QED) is 0.240. The lowest BCUT2D eigenvalue weighted by Crippen LogP contribution is -2.24. The zero-order chi connectivity index (χ0) is 23.0. The van der Waals surface area contributed by atoms with Crippen molar-refractivity contribution in [2.24, 2.45) is 0 Å². The van der Waals surface area contributed by atoms with Crippen LogP contribution in [0.15, 0.2) is 54.6 Å². The van der Waals surface area contributed by atoms with Gasteiger partial charge in [0.1, 0.15) is 17.5 Å². The Hall–Kier alpha value is -4.01. The number of halogens is 5. The summed E-state index contributed by atoms with van der Waals surface area (Å²) in [5.74, 6) is -3.54. The maximum Gasteiger partial charge on any atom is 0.323 e. The summed E-state index contributed by atoms with van der Waals surface area (Å²) in [6, 6.07) is 11.5. The van der Waals surface area contributed by atoms with Crippen molar-refractivity contribution >= 4 is 28.3 Å². The highest BCUT2D eigenvalue weighted by molar-refractivity contribution is 6.06. The highest BCUT2D eigenvalue weighted by Gasteiger charge is 2.33. The number of hydrogen-bond acceptors (Lipinski definition) is 2. The Morgan fingerprint density at radius 2 is 1.62 bits per heavy atom. The van der Waals surface area contributed by atoms with Crippen LogP contribution in [0.1, 0.15) is 5.56 Å². The van der Waals surface area contributed by atoms with Crippen molar-refractivity contribution in [2.45, 2.75) is 6.92 Å². The molecule has 0 radical (unpaired) electrons. The molecule has 0 saturated carbocycles. The number of amides is 2. The number of carbonyl (C=O) groups is 1. The monoisotopic (exact) mass is 443 g/mol. The first-order valence-electron chi connectivity index (χ1n) is 9.31. The normalized spacial score (nSPS) is 10.9. The highest BCUT2D eigenvalue weighted by atomic mass is 19.1. The van der Waals surface area contributed by atoms with Crippen molar-refractivity contribution in [3.05, 3.63) is 89.4 Å². The second-order valence-corrected chi connectivity index (χ2v) is 7.00. The first-order chi connectivity index (χ1) is 15.2. The standard InChI is InChI=1S/C13H6F4N2O.C10H8FN/c14-5-1-2-9(7(15)3-5)18-13(20)19-12-10-6(11(12)17)4-8(10)16;1-7-2-4-9-8(6-7)3-5-10(11)12-9/h1-4H,(H2,18,19,20);2-6H,1H3. The summed E-state index contributed by atoms with van der Waals surface area (Å²) in [4.78, 5) is 15.3. The topological polar surface area (TPSA) is 54.0 Å². The minimum atomic E-state index is -0.974. The van der Waals surface area contributed by atoms with Gasteiger partial charge < -0.3 is 10.6 Å². The number of anilines is 2. The minimum absolute atomic E-state index is 0.0113. The molecule has 2 aromatic carbocycles. The summed E-state index contributed by atoms with van der Waals surface area (Å²) in [6.07, 6.45) is 0. The van der Waals surface area contributed by atoms with Gasteiger partial charge in [-0.15, -0.1) is 0 Å². The lowest BCUT2D eigenvalue weighted by Gasteiger charge is -2.24. The third-order valence-electron chi connectivity index (χ3n) is 4.71. The molecule has 2 aliphatic carbocycles. The summed E-state index contributed by atoms with van der Waals surface area (Å²) in [6.45, 7) is 2.00. The van der Waals surface area contributed by atoms with Crippen LogP contribution >= 0.6 is 0 Å². The molecule has 0 saturated heterocycles. The number of urea groups is 1. The number of benzene rings is 3. The van der Waals surface area contributed by atoms with Crippen LogP contribution in [-0.2, 0) is 0 Å². The Bertz CT molecular complexity index is 1330. The molecule has 32 heavy (non-hydrogen) atoms. The Balaban J connectivity index is 0.000000174. The molecule has 3 aromatic rings. The van der Waals surface area contributed by atoms with Crippen LogP contribution in [-0.4, -0.2) is 11.0 Å². The molecule has 0 aliphatic heterocycles. The van der Waals surface area contributed by atoms with Gasteiger partial charge in [-0.1, -0.05) is 11.6 Å². The van der Waals surface area contributed by atoms with E-state index in [9.17, 15) is 26.7 Å². The van der Waals surface area contributed by atoms with Crippen molar-refractivity contribution in [2.75, 3.05) is 10.6 Å². The molecule has 0 unspecified atom stereocenters. The first-order valence-corrected chi connectivity index (χ1v) is 9.31. The van der Waals surface area contributed by atoms with E-state index in [0.717, 1.165) is 29.1 Å². The van der Waals surface area contributed by atoms with Crippen LogP contribution < -0.4 is 10.6 Å². The minimum Gasteiger partial charge on any atom is -0.305 e. The number of nitrogens with one attached hydrogen (secondary N) is 2. The Morgan fingerprint density at radius 1 is 0.844 bits per heavy atom. The summed E-state index contributed by atoms with van der Waals surface area (Å²) < 4.78 is 64.9. The van der Waals surface area contributed by atoms with E-state index in [2.05, 4.69) is 15.6 Å². The maximum atomic E-state index is 13.3. The number of rotatable bonds is 2. The van der Waals surface area contributed by atoms with E-state index in [1.54, 1.807) is 6.07 Å². The third kappa shape index (κ3) is 4.09. The van der Waals surface area contributed by atoms with Crippen molar-refractivity contribution in [1.29, 1.82) is 0 Å². The van der Waals surface area contributed by atoms with Gasteiger partial charge in [0.05, 0.1) is 16.9 Å². The number of aryl methyl sites for hydroxylation is 1. The predicted octanol–water partition coefficient (Wildman–Crippen LogP) is 6.55. The van der Waals surface area contributed by atoms with Gasteiger partial charge in [-0.3, -0.25) is 0 Å². The molecule has 2 amide bonds. The molecule has 2 N–H and O–H groups in total. The lowest BCUT2D eigenvalue weighted by atomic mass is 9.88. The van der Waals surface area contributed by atoms with Crippen LogP contribution in [0.25, 0.3) is 22.0 Å². The Morgan fingerprint density at radius 3 is 2.34 bits per heavy atom. The number of fused-ring (bicyclic) bond motifs is 2. The SMILES string of the molecule is Cc1ccc2nc(F)ccc2c1.O=C(Nc1ccc(F)cc1F)Nc1c(F)c2cc(F)c1-2. The molecule has 5 rings (SSSR count). The average molecular weight is 443 g/mol. The fourth-order valence-electron chi connectivity index (χ4n) is 3.13. The molecular formula is C23H14F5N3O. The van der Waals surface area contributed by atoms with E-state index in [4.69, 9.17) is 0 Å². The molecule has 0 fully saturated rings. The number of pyridine rings is 1. The zero-order valence-corrected chi connectivity index (χ0v) is 16.4. The first kappa shape index (κ1) is 21.2. The lowest BCUT2D eigenvalue weighted by molar-refractivity contribution is 0.262. The fourth-order valence-corrected chi connectivity index (χ4v) is 3.13. The molecule has 0 atom stereocenters. The van der Waals surface area contributed by atoms with E-state index in [1.807, 2.05) is 25.1 Å². The van der Waals surface area contributed by atoms with E-state index < -0.39 is 35.2 Å². The Kier molecular flexibility index (Phi) is 5.48. The van der Waals surface area contributed by atoms with Crippen molar-refractivity contribution in [3.63, 3.8) is 0 Å². The van der Waals surface area contributed by atoms with Gasteiger partial charge in [0.15, 0.2) is 5.82 Å². The van der Waals surface area contributed by atoms with Gasteiger partial charge in [-0.05, 0) is 49.4 Å². The highest BCUT2D eigenvalue weighted by Crippen LogP contribution is 2.48. The van der Waals surface area contributed by atoms with Crippen molar-refractivity contribution in [3.8, 4) is 11.1 Å². The van der Waals surface area contributed by atoms with Crippen LogP contribution in [0.2, 0.25) is 0 Å². The molecule has 0 bridgehead atoms. The van der Waals surface area contributed by atoms with Crippen LogP contribution in [0.3, 0.4) is 0 Å². The summed E-state index contributed by atoms with van der Waals surface area (Å²) >= 11 is 0. The fraction of sp³-hybridized carbons (Fsp3) is 0.0435. The van der Waals surface area contributed by atoms with Gasteiger partial charge in [0.2, 0.25) is 5.95 Å². The predicted molar refractivity (Wildman–Crippen MR) is 111 cm³/mol. The van der Waals surface area contributed by atoms with E-state index >= 15 is 0 Å². The van der Waals surface area contributed by atoms with Gasteiger partial charge in [-0.2, -0.15) is 4.39 Å². The van der Waals surface area contributed by atoms with Crippen molar-refractivity contribution < 1.29 is 26.7 Å². The summed E-state index contributed by atoms with van der Waals surface area (Å²) in [5, 5.41) is 5.13. The molecule has 2 aliphatic rings. The van der Waals surface area contributed by atoms with E-state index in [0.29, 0.717) is 11.6 Å². The molecule has 1 heterocycles. The number of aromatic nitrogens is 1.